The van der Waals surface area contributed by atoms with Gasteiger partial charge in [0, 0.05) is 37.8 Å². The number of rotatable bonds is 6. The first kappa shape index (κ1) is 21.0. The highest BCUT2D eigenvalue weighted by Gasteiger charge is 2.26. The van der Waals surface area contributed by atoms with Crippen LogP contribution in [0.3, 0.4) is 0 Å². The first-order valence-corrected chi connectivity index (χ1v) is 10.6. The van der Waals surface area contributed by atoms with Gasteiger partial charge in [-0.25, -0.2) is 8.42 Å². The molecule has 0 saturated carbocycles. The third kappa shape index (κ3) is 5.00. The lowest BCUT2D eigenvalue weighted by Gasteiger charge is -2.26. The summed E-state index contributed by atoms with van der Waals surface area (Å²) in [6.45, 7) is 1.64. The molecular formula is C20H23N3O5S. The number of carbonyl (C=O) groups excluding carboxylic acids is 2. The zero-order chi connectivity index (χ0) is 20.9. The van der Waals surface area contributed by atoms with Crippen molar-refractivity contribution in [3.8, 4) is 0 Å². The quantitative estimate of drug-likeness (QED) is 0.730. The molecule has 1 aliphatic rings. The fourth-order valence-electron chi connectivity index (χ4n) is 2.97. The summed E-state index contributed by atoms with van der Waals surface area (Å²) < 4.78 is 31.8. The maximum Gasteiger partial charge on any atom is 0.251 e. The van der Waals surface area contributed by atoms with Gasteiger partial charge >= 0.3 is 0 Å². The number of benzene rings is 2. The van der Waals surface area contributed by atoms with Gasteiger partial charge < -0.3 is 15.4 Å². The van der Waals surface area contributed by atoms with Crippen molar-refractivity contribution < 1.29 is 22.7 Å². The number of hydrogen-bond acceptors (Lipinski definition) is 5. The molecule has 2 aromatic carbocycles. The van der Waals surface area contributed by atoms with Crippen LogP contribution in [0.15, 0.2) is 53.4 Å². The van der Waals surface area contributed by atoms with E-state index < -0.39 is 10.0 Å². The van der Waals surface area contributed by atoms with Crippen molar-refractivity contribution in [1.29, 1.82) is 0 Å². The second-order valence-electron chi connectivity index (χ2n) is 6.50. The van der Waals surface area contributed by atoms with Crippen LogP contribution in [0.1, 0.15) is 26.3 Å². The molecule has 1 heterocycles. The molecule has 0 atom stereocenters. The van der Waals surface area contributed by atoms with E-state index in [4.69, 9.17) is 4.74 Å². The van der Waals surface area contributed by atoms with Crippen LogP contribution in [0.4, 0.5) is 0 Å². The SMILES string of the molecule is CNC(=O)c1cccc(CNC(=O)c2ccc(S(=O)(=O)N3CCOCC3)cc2)c1. The van der Waals surface area contributed by atoms with Crippen LogP contribution in [0.5, 0.6) is 0 Å². The molecule has 1 saturated heterocycles. The largest absolute Gasteiger partial charge is 0.379 e. The van der Waals surface area contributed by atoms with Crippen molar-refractivity contribution in [2.45, 2.75) is 11.4 Å². The van der Waals surface area contributed by atoms with Crippen LogP contribution >= 0.6 is 0 Å². The van der Waals surface area contributed by atoms with Gasteiger partial charge in [0.05, 0.1) is 18.1 Å². The molecule has 3 rings (SSSR count). The van der Waals surface area contributed by atoms with E-state index in [9.17, 15) is 18.0 Å². The fraction of sp³-hybridized carbons (Fsp3) is 0.300. The predicted octanol–water partition coefficient (Wildman–Crippen LogP) is 0.997. The molecule has 8 nitrogen and oxygen atoms in total. The first-order valence-electron chi connectivity index (χ1n) is 9.19. The average molecular weight is 417 g/mol. The van der Waals surface area contributed by atoms with Crippen LogP contribution in [-0.4, -0.2) is 57.9 Å². The summed E-state index contributed by atoms with van der Waals surface area (Å²) in [7, 11) is -2.04. The van der Waals surface area contributed by atoms with E-state index in [0.29, 0.717) is 37.4 Å². The van der Waals surface area contributed by atoms with Gasteiger partial charge in [-0.05, 0) is 42.0 Å². The first-order chi connectivity index (χ1) is 13.9. The molecule has 1 aliphatic heterocycles. The van der Waals surface area contributed by atoms with E-state index in [1.165, 1.54) is 28.6 Å². The van der Waals surface area contributed by atoms with Gasteiger partial charge in [0.1, 0.15) is 0 Å². The van der Waals surface area contributed by atoms with Crippen LogP contribution in [0.2, 0.25) is 0 Å². The summed E-state index contributed by atoms with van der Waals surface area (Å²) in [5, 5.41) is 5.33. The molecule has 9 heteroatoms. The van der Waals surface area contributed by atoms with E-state index >= 15 is 0 Å². The molecule has 0 spiro atoms. The number of morpholine rings is 1. The van der Waals surface area contributed by atoms with Crippen LogP contribution < -0.4 is 10.6 Å². The molecule has 2 aromatic rings. The van der Waals surface area contributed by atoms with Crippen LogP contribution in [-0.2, 0) is 21.3 Å². The highest BCUT2D eigenvalue weighted by Crippen LogP contribution is 2.18. The van der Waals surface area contributed by atoms with E-state index in [0.717, 1.165) is 5.56 Å². The van der Waals surface area contributed by atoms with Gasteiger partial charge in [0.25, 0.3) is 11.8 Å². The standard InChI is InChI=1S/C20H23N3O5S/c1-21-19(24)17-4-2-3-15(13-17)14-22-20(25)16-5-7-18(8-6-16)29(26,27)23-9-11-28-12-10-23/h2-8,13H,9-12,14H2,1H3,(H,21,24)(H,22,25). The topological polar surface area (TPSA) is 105 Å². The van der Waals surface area contributed by atoms with Crippen LogP contribution in [0, 0.1) is 0 Å². The Kier molecular flexibility index (Phi) is 6.63. The van der Waals surface area contributed by atoms with Crippen molar-refractivity contribution in [1.82, 2.24) is 14.9 Å². The molecule has 2 amide bonds. The van der Waals surface area contributed by atoms with Gasteiger partial charge in [0.2, 0.25) is 10.0 Å². The van der Waals surface area contributed by atoms with Crippen LogP contribution in [0.25, 0.3) is 0 Å². The summed E-state index contributed by atoms with van der Waals surface area (Å²) in [5.41, 5.74) is 1.65. The van der Waals surface area contributed by atoms with E-state index in [-0.39, 0.29) is 23.3 Å². The summed E-state index contributed by atoms with van der Waals surface area (Å²) in [6, 6.07) is 12.8. The zero-order valence-electron chi connectivity index (χ0n) is 16.1. The monoisotopic (exact) mass is 417 g/mol. The number of sulfonamides is 1. The maximum atomic E-state index is 12.6. The molecule has 0 unspecified atom stereocenters. The fourth-order valence-corrected chi connectivity index (χ4v) is 4.37. The minimum absolute atomic E-state index is 0.147. The average Bonchev–Trinajstić information content (AvgIpc) is 2.77. The number of nitrogens with zero attached hydrogens (tertiary/aromatic N) is 1. The Labute approximate surface area is 169 Å². The van der Waals surface area contributed by atoms with Gasteiger partial charge in [0.15, 0.2) is 0 Å². The lowest BCUT2D eigenvalue weighted by atomic mass is 10.1. The Morgan fingerprint density at radius 2 is 1.69 bits per heavy atom. The number of hydrogen-bond donors (Lipinski definition) is 2. The Morgan fingerprint density at radius 1 is 1.00 bits per heavy atom. The second kappa shape index (κ2) is 9.17. The smallest absolute Gasteiger partial charge is 0.251 e. The Balaban J connectivity index is 1.64. The maximum absolute atomic E-state index is 12.6. The Morgan fingerprint density at radius 3 is 2.34 bits per heavy atom. The van der Waals surface area contributed by atoms with Crippen molar-refractivity contribution in [2.75, 3.05) is 33.4 Å². The summed E-state index contributed by atoms with van der Waals surface area (Å²) in [4.78, 5) is 24.2. The van der Waals surface area contributed by atoms with Gasteiger partial charge in [-0.2, -0.15) is 4.31 Å². The third-order valence-electron chi connectivity index (χ3n) is 4.59. The van der Waals surface area contributed by atoms with Crippen molar-refractivity contribution in [3.63, 3.8) is 0 Å². The number of ether oxygens (including phenoxy) is 1. The normalized spacial score (nSPS) is 14.9. The van der Waals surface area contributed by atoms with E-state index in [1.807, 2.05) is 6.07 Å². The molecule has 29 heavy (non-hydrogen) atoms. The molecule has 154 valence electrons. The van der Waals surface area contributed by atoms with Gasteiger partial charge in [-0.3, -0.25) is 9.59 Å². The molecule has 0 bridgehead atoms. The van der Waals surface area contributed by atoms with Crippen molar-refractivity contribution in [2.24, 2.45) is 0 Å². The van der Waals surface area contributed by atoms with Crippen molar-refractivity contribution in [3.05, 3.63) is 65.2 Å². The Bertz CT molecular complexity index is 983. The Hall–Kier alpha value is -2.75. The van der Waals surface area contributed by atoms with Gasteiger partial charge in [-0.15, -0.1) is 0 Å². The number of amides is 2. The highest BCUT2D eigenvalue weighted by molar-refractivity contribution is 7.89. The second-order valence-corrected chi connectivity index (χ2v) is 8.44. The summed E-state index contributed by atoms with van der Waals surface area (Å²) >= 11 is 0. The minimum Gasteiger partial charge on any atom is -0.379 e. The number of nitrogens with one attached hydrogen (secondary N) is 2. The molecule has 0 radical (unpaired) electrons. The molecule has 0 aromatic heterocycles. The lowest BCUT2D eigenvalue weighted by molar-refractivity contribution is 0.0730. The molecule has 2 N–H and O–H groups in total. The molecular weight excluding hydrogens is 394 g/mol. The zero-order valence-corrected chi connectivity index (χ0v) is 16.9. The van der Waals surface area contributed by atoms with E-state index in [1.54, 1.807) is 25.2 Å². The summed E-state index contributed by atoms with van der Waals surface area (Å²) in [6.07, 6.45) is 0. The van der Waals surface area contributed by atoms with Gasteiger partial charge in [-0.1, -0.05) is 12.1 Å². The minimum atomic E-state index is -3.59. The summed E-state index contributed by atoms with van der Waals surface area (Å²) in [5.74, 6) is -0.527. The predicted molar refractivity (Wildman–Crippen MR) is 107 cm³/mol. The van der Waals surface area contributed by atoms with E-state index in [2.05, 4.69) is 10.6 Å². The molecule has 0 aliphatic carbocycles. The highest BCUT2D eigenvalue weighted by atomic mass is 32.2. The number of carbonyl (C=O) groups is 2. The van der Waals surface area contributed by atoms with Crippen molar-refractivity contribution >= 4 is 21.8 Å². The lowest BCUT2D eigenvalue weighted by Crippen LogP contribution is -2.40. The third-order valence-corrected chi connectivity index (χ3v) is 6.51. The molecule has 1 fully saturated rings.